The number of alkyl halides is 5. The van der Waals surface area contributed by atoms with Crippen LogP contribution in [-0.4, -0.2) is 44.6 Å². The van der Waals surface area contributed by atoms with E-state index in [-0.39, 0.29) is 61.5 Å². The van der Waals surface area contributed by atoms with E-state index < -0.39 is 29.0 Å². The van der Waals surface area contributed by atoms with Gasteiger partial charge in [-0.05, 0) is 66.8 Å². The average molecular weight is 599 g/mol. The number of likely N-dealkylation sites (tertiary alicyclic amines) is 1. The first-order chi connectivity index (χ1) is 20.4. The van der Waals surface area contributed by atoms with E-state index in [1.54, 1.807) is 23.4 Å². The minimum atomic E-state index is -4.69. The summed E-state index contributed by atoms with van der Waals surface area (Å²) in [6, 6.07) is 12.1. The molecule has 43 heavy (non-hydrogen) atoms. The Morgan fingerprint density at radius 2 is 1.91 bits per heavy atom. The van der Waals surface area contributed by atoms with Gasteiger partial charge in [0.2, 0.25) is 5.92 Å². The summed E-state index contributed by atoms with van der Waals surface area (Å²) in [6.07, 6.45) is -1.71. The van der Waals surface area contributed by atoms with Gasteiger partial charge in [0.15, 0.2) is 0 Å². The van der Waals surface area contributed by atoms with Crippen molar-refractivity contribution in [1.29, 1.82) is 5.26 Å². The molecule has 0 bridgehead atoms. The number of halogens is 5. The average Bonchev–Trinajstić information content (AvgIpc) is 3.44. The Labute approximate surface area is 245 Å². The molecule has 0 atom stereocenters. The van der Waals surface area contributed by atoms with Crippen molar-refractivity contribution in [3.8, 4) is 6.07 Å². The second kappa shape index (κ2) is 10.7. The molecule has 1 saturated carbocycles. The van der Waals surface area contributed by atoms with Crippen molar-refractivity contribution < 1.29 is 26.7 Å². The molecule has 0 unspecified atom stereocenters. The molecule has 0 radical (unpaired) electrons. The third kappa shape index (κ3) is 5.62. The molecule has 1 amide bonds. The van der Waals surface area contributed by atoms with Crippen LogP contribution in [0.3, 0.4) is 0 Å². The fourth-order valence-electron chi connectivity index (χ4n) is 6.79. The summed E-state index contributed by atoms with van der Waals surface area (Å²) >= 11 is 0. The van der Waals surface area contributed by atoms with E-state index >= 15 is 0 Å². The van der Waals surface area contributed by atoms with Crippen LogP contribution in [0.1, 0.15) is 70.5 Å². The highest BCUT2D eigenvalue weighted by Crippen LogP contribution is 2.50. The first-order valence-electron chi connectivity index (χ1n) is 14.4. The second-order valence-electron chi connectivity index (χ2n) is 12.1. The van der Waals surface area contributed by atoms with Crippen molar-refractivity contribution in [1.82, 2.24) is 19.7 Å². The Morgan fingerprint density at radius 3 is 2.60 bits per heavy atom. The van der Waals surface area contributed by atoms with Crippen LogP contribution in [0.2, 0.25) is 0 Å². The first-order valence-corrected chi connectivity index (χ1v) is 14.4. The maximum Gasteiger partial charge on any atom is 0.416 e. The number of aryl methyl sites for hydroxylation is 1. The van der Waals surface area contributed by atoms with Crippen molar-refractivity contribution in [2.75, 3.05) is 18.0 Å². The number of nitrogens with zero attached hydrogens (tertiary/aromatic N) is 6. The molecule has 7 nitrogen and oxygen atoms in total. The Bertz CT molecular complexity index is 1590. The van der Waals surface area contributed by atoms with Gasteiger partial charge in [-0.15, -0.1) is 10.2 Å². The largest absolute Gasteiger partial charge is 0.416 e. The summed E-state index contributed by atoms with van der Waals surface area (Å²) in [6.45, 7) is 0.240. The predicted octanol–water partition coefficient (Wildman–Crippen LogP) is 6.03. The molecule has 226 valence electrons. The van der Waals surface area contributed by atoms with Crippen LogP contribution in [0.25, 0.3) is 0 Å². The number of amides is 1. The molecule has 1 aliphatic carbocycles. The van der Waals surface area contributed by atoms with E-state index in [4.69, 9.17) is 0 Å². The maximum atomic E-state index is 14.3. The lowest BCUT2D eigenvalue weighted by molar-refractivity contribution is -0.138. The summed E-state index contributed by atoms with van der Waals surface area (Å²) in [5.74, 6) is -2.69. The quantitative estimate of drug-likeness (QED) is 0.324. The van der Waals surface area contributed by atoms with Gasteiger partial charge in [0, 0.05) is 62.0 Å². The Kier molecular flexibility index (Phi) is 7.27. The molecular formula is C31H31F5N6O. The predicted molar refractivity (Wildman–Crippen MR) is 147 cm³/mol. The third-order valence-electron chi connectivity index (χ3n) is 9.15. The molecule has 2 fully saturated rings. The van der Waals surface area contributed by atoms with Crippen LogP contribution >= 0.6 is 0 Å². The minimum absolute atomic E-state index is 0.0163. The molecule has 3 heterocycles. The fraction of sp³-hybridized carbons (Fsp3) is 0.484. The molecule has 0 spiro atoms. The highest BCUT2D eigenvalue weighted by molar-refractivity contribution is 6.10. The number of rotatable bonds is 6. The zero-order valence-corrected chi connectivity index (χ0v) is 23.7. The number of hydrogen-bond acceptors (Lipinski definition) is 5. The van der Waals surface area contributed by atoms with Crippen molar-refractivity contribution >= 4 is 11.6 Å². The Morgan fingerprint density at radius 1 is 1.12 bits per heavy atom. The van der Waals surface area contributed by atoms with Gasteiger partial charge >= 0.3 is 6.18 Å². The van der Waals surface area contributed by atoms with Crippen LogP contribution in [0, 0.1) is 17.2 Å². The molecule has 2 aromatic carbocycles. The number of nitriles is 1. The molecule has 6 rings (SSSR count). The van der Waals surface area contributed by atoms with Crippen LogP contribution in [0.15, 0.2) is 42.7 Å². The van der Waals surface area contributed by atoms with Crippen LogP contribution in [0.5, 0.6) is 0 Å². The van der Waals surface area contributed by atoms with E-state index in [0.717, 1.165) is 17.5 Å². The van der Waals surface area contributed by atoms with Gasteiger partial charge < -0.3 is 9.47 Å². The Hall–Kier alpha value is -3.85. The maximum absolute atomic E-state index is 14.3. The van der Waals surface area contributed by atoms with E-state index in [1.165, 1.54) is 11.0 Å². The number of hydrogen-bond donors (Lipinski definition) is 0. The standard InChI is InChI=1S/C31H31F5N6O/c1-40-19-38-39-27(40)15-29(13-21(14-29)16-37)22-4-2-5-23(12-22)42-18-25-24(28(42)43)10-20(11-26(25)31(34,35)36)17-41-8-3-6-30(32,33)7-9-41/h2,4-5,10-12,19,21H,3,6-9,13-15,17-18H2,1H3. The summed E-state index contributed by atoms with van der Waals surface area (Å²) in [7, 11) is 1.84. The zero-order valence-electron chi connectivity index (χ0n) is 23.7. The first kappa shape index (κ1) is 29.2. The van der Waals surface area contributed by atoms with E-state index in [9.17, 15) is 32.0 Å². The van der Waals surface area contributed by atoms with Gasteiger partial charge in [0.1, 0.15) is 12.2 Å². The van der Waals surface area contributed by atoms with Crippen LogP contribution in [0.4, 0.5) is 27.6 Å². The van der Waals surface area contributed by atoms with Gasteiger partial charge in [-0.2, -0.15) is 18.4 Å². The van der Waals surface area contributed by atoms with Crippen molar-refractivity contribution in [3.63, 3.8) is 0 Å². The van der Waals surface area contributed by atoms with Gasteiger partial charge in [0.05, 0.1) is 18.2 Å². The SMILES string of the molecule is Cn1cnnc1CC1(c2cccc(N3Cc4c(cc(CN5CCCC(F)(F)CC5)cc4C(F)(F)F)C3=O)c2)CC(C#N)C1. The highest BCUT2D eigenvalue weighted by atomic mass is 19.4. The monoisotopic (exact) mass is 598 g/mol. The molecule has 3 aromatic rings. The van der Waals surface area contributed by atoms with Crippen molar-refractivity contribution in [2.45, 2.75) is 69.1 Å². The number of carbonyl (C=O) groups is 1. The number of fused-ring (bicyclic) bond motifs is 1. The summed E-state index contributed by atoms with van der Waals surface area (Å²) in [4.78, 5) is 16.8. The second-order valence-corrected chi connectivity index (χ2v) is 12.1. The molecule has 1 saturated heterocycles. The van der Waals surface area contributed by atoms with Crippen LogP contribution in [-0.2, 0) is 38.1 Å². The lowest BCUT2D eigenvalue weighted by atomic mass is 9.57. The molecular weight excluding hydrogens is 567 g/mol. The van der Waals surface area contributed by atoms with Gasteiger partial charge in [0.25, 0.3) is 5.91 Å². The smallest absolute Gasteiger partial charge is 0.321 e. The van der Waals surface area contributed by atoms with Gasteiger partial charge in [-0.3, -0.25) is 9.69 Å². The fourth-order valence-corrected chi connectivity index (χ4v) is 6.79. The summed E-state index contributed by atoms with van der Waals surface area (Å²) in [5, 5.41) is 17.7. The third-order valence-corrected chi connectivity index (χ3v) is 9.15. The van der Waals surface area contributed by atoms with Crippen LogP contribution < -0.4 is 4.90 Å². The number of anilines is 1. The zero-order chi connectivity index (χ0) is 30.6. The van der Waals surface area contributed by atoms with Gasteiger partial charge in [-0.25, -0.2) is 8.78 Å². The highest BCUT2D eigenvalue weighted by Gasteiger charge is 2.47. The number of carbonyl (C=O) groups excluding carboxylic acids is 1. The normalized spacial score (nSPS) is 23.9. The molecule has 2 aliphatic heterocycles. The van der Waals surface area contributed by atoms with Crippen molar-refractivity contribution in [2.24, 2.45) is 13.0 Å². The van der Waals surface area contributed by atoms with Gasteiger partial charge in [-0.1, -0.05) is 12.1 Å². The Balaban J connectivity index is 1.30. The van der Waals surface area contributed by atoms with E-state index in [0.29, 0.717) is 31.5 Å². The lowest BCUT2D eigenvalue weighted by Gasteiger charge is -2.45. The van der Waals surface area contributed by atoms with Crippen molar-refractivity contribution in [3.05, 3.63) is 76.4 Å². The van der Waals surface area contributed by atoms with E-state index in [2.05, 4.69) is 16.3 Å². The van der Waals surface area contributed by atoms with E-state index in [1.807, 2.05) is 23.7 Å². The molecule has 1 aromatic heterocycles. The molecule has 0 N–H and O–H groups in total. The molecule has 3 aliphatic rings. The summed E-state index contributed by atoms with van der Waals surface area (Å²) in [5.41, 5.74) is 0.245. The minimum Gasteiger partial charge on any atom is -0.321 e. The number of benzene rings is 2. The lowest BCUT2D eigenvalue weighted by Crippen LogP contribution is -2.43. The molecule has 12 heteroatoms. The topological polar surface area (TPSA) is 78.1 Å². The summed E-state index contributed by atoms with van der Waals surface area (Å²) < 4.78 is 72.4. The number of aromatic nitrogens is 3.